The molecule has 0 N–H and O–H groups in total. The predicted octanol–water partition coefficient (Wildman–Crippen LogP) is 7.00. The monoisotopic (exact) mass is 716 g/mol. The van der Waals surface area contributed by atoms with Crippen molar-refractivity contribution in [1.82, 2.24) is 19.4 Å². The molecule has 2 fully saturated rings. The maximum Gasteiger partial charge on any atom is 0.522 e. The molecule has 4 aromatic rings. The van der Waals surface area contributed by atoms with Gasteiger partial charge in [-0.2, -0.15) is 0 Å². The first-order chi connectivity index (χ1) is 23.4. The highest BCUT2D eigenvalue weighted by atomic mass is 35.5. The van der Waals surface area contributed by atoms with Crippen molar-refractivity contribution in [3.63, 3.8) is 0 Å². The second-order valence-corrected chi connectivity index (χ2v) is 14.5. The normalized spacial score (nSPS) is 19.3. The summed E-state index contributed by atoms with van der Waals surface area (Å²) in [4.78, 5) is 38.3. The van der Waals surface area contributed by atoms with Gasteiger partial charge in [-0.3, -0.25) is 24.0 Å². The molecule has 1 saturated heterocycles. The molecule has 0 amide bonds. The summed E-state index contributed by atoms with van der Waals surface area (Å²) < 4.78 is 56.4. The third-order valence-electron chi connectivity index (χ3n) is 10.0. The second kappa shape index (κ2) is 13.0. The maximum atomic E-state index is 14.1. The molecular weight excluding hydrogens is 681 g/mol. The Kier molecular flexibility index (Phi) is 9.00. The summed E-state index contributed by atoms with van der Waals surface area (Å²) in [6, 6.07) is 7.34. The largest absolute Gasteiger partial charge is 0.522 e. The number of rotatable bonds is 8. The van der Waals surface area contributed by atoms with E-state index in [-0.39, 0.29) is 30.2 Å². The Balaban J connectivity index is 1.11. The van der Waals surface area contributed by atoms with E-state index in [4.69, 9.17) is 26.1 Å². The lowest BCUT2D eigenvalue weighted by molar-refractivity contribution is -0.346. The minimum absolute atomic E-state index is 0.0676. The molecule has 260 valence electrons. The molecule has 0 radical (unpaired) electrons. The van der Waals surface area contributed by atoms with Crippen LogP contribution in [-0.4, -0.2) is 70.7 Å². The van der Waals surface area contributed by atoms with Crippen LogP contribution in [0.1, 0.15) is 65.2 Å². The number of aromatic nitrogens is 3. The number of esters is 1. The summed E-state index contributed by atoms with van der Waals surface area (Å²) in [5, 5.41) is 2.25. The number of halogens is 4. The fourth-order valence-electron chi connectivity index (χ4n) is 7.52. The van der Waals surface area contributed by atoms with Crippen molar-refractivity contribution < 1.29 is 32.2 Å². The highest BCUT2D eigenvalue weighted by molar-refractivity contribution is 7.18. The topological polar surface area (TPSA) is 95.8 Å². The van der Waals surface area contributed by atoms with Crippen LogP contribution in [0.15, 0.2) is 34.4 Å². The minimum Gasteiger partial charge on any atom is -0.491 e. The van der Waals surface area contributed by atoms with E-state index in [1.54, 1.807) is 22.1 Å². The average molecular weight is 717 g/mol. The fourth-order valence-corrected chi connectivity index (χ4v) is 8.70. The van der Waals surface area contributed by atoms with Gasteiger partial charge in [0.25, 0.3) is 5.56 Å². The Morgan fingerprint density at radius 3 is 2.57 bits per heavy atom. The van der Waals surface area contributed by atoms with E-state index in [0.717, 1.165) is 40.8 Å². The molecule has 3 aliphatic rings. The molecule has 1 aliphatic heterocycles. The number of carbonyl (C=O) groups is 1. The van der Waals surface area contributed by atoms with Crippen molar-refractivity contribution in [3.05, 3.63) is 73.4 Å². The fraction of sp³-hybridized carbons (Fsp3) is 0.486. The third-order valence-corrected chi connectivity index (χ3v) is 11.3. The molecule has 4 heterocycles. The number of ether oxygens (including phenoxy) is 3. The number of likely N-dealkylation sites (tertiary alicyclic amines) is 1. The molecule has 14 heteroatoms. The number of hydrogen-bond acceptors (Lipinski definition) is 9. The molecule has 2 aliphatic carbocycles. The number of pyridine rings is 1. The molecule has 0 unspecified atom stereocenters. The van der Waals surface area contributed by atoms with Gasteiger partial charge in [-0.15, -0.1) is 24.5 Å². The number of thiophene rings is 1. The van der Waals surface area contributed by atoms with E-state index >= 15 is 0 Å². The van der Waals surface area contributed by atoms with Crippen LogP contribution in [0.3, 0.4) is 0 Å². The van der Waals surface area contributed by atoms with Gasteiger partial charge in [-0.25, -0.2) is 9.78 Å². The van der Waals surface area contributed by atoms with Gasteiger partial charge in [0.15, 0.2) is 0 Å². The zero-order valence-corrected chi connectivity index (χ0v) is 28.9. The number of carbonyl (C=O) groups excluding carboxylic acids is 1. The van der Waals surface area contributed by atoms with Crippen LogP contribution in [0.25, 0.3) is 21.3 Å². The number of alkyl halides is 3. The quantitative estimate of drug-likeness (QED) is 0.180. The van der Waals surface area contributed by atoms with Gasteiger partial charge < -0.3 is 9.47 Å². The van der Waals surface area contributed by atoms with Crippen molar-refractivity contribution in [2.45, 2.75) is 82.8 Å². The van der Waals surface area contributed by atoms with E-state index in [1.165, 1.54) is 18.4 Å². The highest BCUT2D eigenvalue weighted by Crippen LogP contribution is 2.55. The first-order valence-electron chi connectivity index (χ1n) is 16.3. The first kappa shape index (κ1) is 34.0. The predicted molar refractivity (Wildman–Crippen MR) is 180 cm³/mol. The van der Waals surface area contributed by atoms with Crippen molar-refractivity contribution in [1.29, 1.82) is 0 Å². The standard InChI is InChI=1S/C35H36ClF3N4O5S/c1-19-14-25(30-29(40-19)27(18-49-30)33(45)46-3)24-15-21(36)4-5-28(24)47-13-12-43-20(2)41-31-26(32(43)44)16-22(17-34(31)8-9-34)42-10-6-23(7-11-42)48-35(37,38)39/h4-5,14-15,18,22-23H,6-13,16-17H2,1-3H3/t22-/m0/s1. The van der Waals surface area contributed by atoms with Crippen LogP contribution < -0.4 is 10.3 Å². The molecule has 3 aromatic heterocycles. The van der Waals surface area contributed by atoms with Crippen LogP contribution >= 0.6 is 22.9 Å². The number of nitrogens with zero attached hydrogens (tertiary/aromatic N) is 4. The van der Waals surface area contributed by atoms with Crippen molar-refractivity contribution in [2.24, 2.45) is 0 Å². The van der Waals surface area contributed by atoms with Gasteiger partial charge in [0, 0.05) is 57.3 Å². The highest BCUT2D eigenvalue weighted by Gasteiger charge is 2.53. The van der Waals surface area contributed by atoms with Gasteiger partial charge in [0.05, 0.1) is 41.2 Å². The van der Waals surface area contributed by atoms with Gasteiger partial charge in [-0.1, -0.05) is 11.6 Å². The Morgan fingerprint density at radius 2 is 1.88 bits per heavy atom. The second-order valence-electron chi connectivity index (χ2n) is 13.2. The number of hydrogen-bond donors (Lipinski definition) is 0. The lowest BCUT2D eigenvalue weighted by atomic mass is 9.80. The molecule has 7 rings (SSSR count). The van der Waals surface area contributed by atoms with E-state index < -0.39 is 18.4 Å². The number of methoxy groups -OCH3 is 1. The van der Waals surface area contributed by atoms with Crippen LogP contribution in [0, 0.1) is 13.8 Å². The van der Waals surface area contributed by atoms with Crippen molar-refractivity contribution >= 4 is 39.1 Å². The first-order valence-corrected chi connectivity index (χ1v) is 17.6. The number of benzene rings is 1. The van der Waals surface area contributed by atoms with E-state index in [0.29, 0.717) is 71.3 Å². The summed E-state index contributed by atoms with van der Waals surface area (Å²) in [6.45, 7) is 5.14. The van der Waals surface area contributed by atoms with Crippen LogP contribution in [0.5, 0.6) is 5.75 Å². The number of piperidine rings is 1. The third kappa shape index (κ3) is 6.70. The summed E-state index contributed by atoms with van der Waals surface area (Å²) in [5.74, 6) is 0.728. The Hall–Kier alpha value is -3.52. The van der Waals surface area contributed by atoms with E-state index in [2.05, 4.69) is 14.6 Å². The molecule has 1 aromatic carbocycles. The molecule has 0 bridgehead atoms. The summed E-state index contributed by atoms with van der Waals surface area (Å²) in [6.07, 6.45) is -1.57. The van der Waals surface area contributed by atoms with Gasteiger partial charge >= 0.3 is 12.3 Å². The average Bonchev–Trinajstić information content (AvgIpc) is 3.70. The molecular formula is C35H36ClF3N4O5S. The smallest absolute Gasteiger partial charge is 0.491 e. The van der Waals surface area contributed by atoms with E-state index in [1.807, 2.05) is 26.0 Å². The van der Waals surface area contributed by atoms with Crippen LogP contribution in [-0.2, 0) is 27.9 Å². The summed E-state index contributed by atoms with van der Waals surface area (Å²) in [7, 11) is 1.34. The summed E-state index contributed by atoms with van der Waals surface area (Å²) in [5.41, 5.74) is 4.56. The maximum absolute atomic E-state index is 14.1. The van der Waals surface area contributed by atoms with Crippen LogP contribution in [0.2, 0.25) is 5.02 Å². The molecule has 1 atom stereocenters. The Bertz CT molecular complexity index is 1980. The number of fused-ring (bicyclic) bond motifs is 3. The van der Waals surface area contributed by atoms with Crippen molar-refractivity contribution in [2.75, 3.05) is 26.8 Å². The SMILES string of the molecule is COC(=O)c1csc2c(-c3cc(Cl)ccc3OCCn3c(C)nc4c(c3=O)C[C@H](N3CCC(OC(F)(F)F)CC3)CC43CC3)cc(C)nc12. The zero-order chi connectivity index (χ0) is 34.7. The molecule has 1 saturated carbocycles. The van der Waals surface area contributed by atoms with Gasteiger partial charge in [-0.05, 0) is 76.6 Å². The van der Waals surface area contributed by atoms with E-state index in [9.17, 15) is 22.8 Å². The summed E-state index contributed by atoms with van der Waals surface area (Å²) >= 11 is 7.84. The lowest BCUT2D eigenvalue weighted by Gasteiger charge is -2.41. The molecule has 9 nitrogen and oxygen atoms in total. The zero-order valence-electron chi connectivity index (χ0n) is 27.4. The molecule has 1 spiro atoms. The van der Waals surface area contributed by atoms with Crippen LogP contribution in [0.4, 0.5) is 13.2 Å². The Labute approximate surface area is 290 Å². The minimum atomic E-state index is -4.63. The van der Waals surface area contributed by atoms with Gasteiger partial charge in [0.1, 0.15) is 18.2 Å². The number of aryl methyl sites for hydroxylation is 2. The molecule has 49 heavy (non-hydrogen) atoms. The van der Waals surface area contributed by atoms with Crippen molar-refractivity contribution in [3.8, 4) is 16.9 Å². The van der Waals surface area contributed by atoms with Gasteiger partial charge in [0.2, 0.25) is 0 Å². The Morgan fingerprint density at radius 1 is 1.12 bits per heavy atom. The lowest BCUT2D eigenvalue weighted by Crippen LogP contribution is -2.50.